The van der Waals surface area contributed by atoms with Gasteiger partial charge in [-0.3, -0.25) is 4.79 Å². The van der Waals surface area contributed by atoms with Gasteiger partial charge in [-0.2, -0.15) is 0 Å². The van der Waals surface area contributed by atoms with Crippen LogP contribution in [0.15, 0.2) is 6.07 Å². The van der Waals surface area contributed by atoms with Crippen LogP contribution >= 0.6 is 0 Å². The highest BCUT2D eigenvalue weighted by molar-refractivity contribution is 5.92. The molecule has 0 unspecified atom stereocenters. The maximum Gasteiger partial charge on any atom is 0.272 e. The Balaban J connectivity index is 1.81. The molecular weight excluding hydrogens is 296 g/mol. The van der Waals surface area contributed by atoms with Crippen LogP contribution in [-0.2, 0) is 9.47 Å². The fourth-order valence-corrected chi connectivity index (χ4v) is 3.07. The van der Waals surface area contributed by atoms with Crippen molar-refractivity contribution in [2.24, 2.45) is 0 Å². The first-order valence-corrected chi connectivity index (χ1v) is 8.16. The van der Waals surface area contributed by atoms with Crippen molar-refractivity contribution in [3.63, 3.8) is 0 Å². The third-order valence-corrected chi connectivity index (χ3v) is 4.06. The van der Waals surface area contributed by atoms with E-state index in [-0.39, 0.29) is 18.1 Å². The number of ether oxygens (including phenoxy) is 2. The molecule has 0 spiro atoms. The van der Waals surface area contributed by atoms with Gasteiger partial charge in [-0.05, 0) is 26.8 Å². The van der Waals surface area contributed by atoms with Crippen molar-refractivity contribution in [1.82, 2.24) is 14.9 Å². The van der Waals surface area contributed by atoms with Gasteiger partial charge in [0.25, 0.3) is 5.91 Å². The Labute approximate surface area is 136 Å². The number of morpholine rings is 2. The molecule has 3 rings (SSSR count). The predicted molar refractivity (Wildman–Crippen MR) is 85.7 cm³/mol. The Morgan fingerprint density at radius 1 is 1.17 bits per heavy atom. The lowest BCUT2D eigenvalue weighted by molar-refractivity contribution is -0.0587. The largest absolute Gasteiger partial charge is 0.378 e. The van der Waals surface area contributed by atoms with E-state index < -0.39 is 0 Å². The van der Waals surface area contributed by atoms with E-state index in [9.17, 15) is 4.79 Å². The molecule has 0 saturated carbocycles. The Morgan fingerprint density at radius 3 is 2.48 bits per heavy atom. The molecule has 1 aromatic rings. The zero-order valence-electron chi connectivity index (χ0n) is 14.0. The van der Waals surface area contributed by atoms with Crippen molar-refractivity contribution in [3.8, 4) is 0 Å². The minimum absolute atomic E-state index is 0.0457. The van der Waals surface area contributed by atoms with Crippen LogP contribution in [0.4, 0.5) is 5.95 Å². The van der Waals surface area contributed by atoms with Crippen molar-refractivity contribution >= 4 is 11.9 Å². The van der Waals surface area contributed by atoms with Crippen LogP contribution in [0, 0.1) is 6.92 Å². The number of anilines is 1. The first kappa shape index (κ1) is 16.1. The zero-order chi connectivity index (χ0) is 16.4. The van der Waals surface area contributed by atoms with Gasteiger partial charge in [-0.1, -0.05) is 0 Å². The van der Waals surface area contributed by atoms with Crippen molar-refractivity contribution in [1.29, 1.82) is 0 Å². The van der Waals surface area contributed by atoms with Crippen LogP contribution in [0.2, 0.25) is 0 Å². The molecule has 1 aromatic heterocycles. The number of carbonyl (C=O) groups is 1. The van der Waals surface area contributed by atoms with E-state index in [4.69, 9.17) is 9.47 Å². The summed E-state index contributed by atoms with van der Waals surface area (Å²) in [5.74, 6) is 0.568. The third-order valence-electron chi connectivity index (χ3n) is 4.06. The second kappa shape index (κ2) is 6.80. The van der Waals surface area contributed by atoms with E-state index in [1.807, 2.05) is 25.7 Å². The molecule has 126 valence electrons. The number of amides is 1. The molecule has 0 bridgehead atoms. The van der Waals surface area contributed by atoms with Crippen LogP contribution in [0.25, 0.3) is 0 Å². The number of hydrogen-bond donors (Lipinski definition) is 0. The zero-order valence-corrected chi connectivity index (χ0v) is 14.0. The number of hydrogen-bond acceptors (Lipinski definition) is 6. The summed E-state index contributed by atoms with van der Waals surface area (Å²) in [5.41, 5.74) is 1.26. The fourth-order valence-electron chi connectivity index (χ4n) is 3.07. The Morgan fingerprint density at radius 2 is 1.83 bits per heavy atom. The molecule has 2 aliphatic rings. The Bertz CT molecular complexity index is 564. The molecule has 23 heavy (non-hydrogen) atoms. The lowest BCUT2D eigenvalue weighted by atomic mass is 10.2. The van der Waals surface area contributed by atoms with E-state index in [0.717, 1.165) is 18.8 Å². The smallest absolute Gasteiger partial charge is 0.272 e. The van der Waals surface area contributed by atoms with Gasteiger partial charge >= 0.3 is 0 Å². The third kappa shape index (κ3) is 3.79. The quantitative estimate of drug-likeness (QED) is 0.805. The van der Waals surface area contributed by atoms with Gasteiger partial charge in [-0.15, -0.1) is 0 Å². The van der Waals surface area contributed by atoms with Crippen LogP contribution in [0.3, 0.4) is 0 Å². The molecule has 1 amide bonds. The molecule has 2 aliphatic heterocycles. The van der Waals surface area contributed by atoms with Crippen LogP contribution in [-0.4, -0.2) is 72.4 Å². The van der Waals surface area contributed by atoms with Gasteiger partial charge in [-0.25, -0.2) is 9.97 Å². The predicted octanol–water partition coefficient (Wildman–Crippen LogP) is 0.871. The number of aryl methyl sites for hydroxylation is 1. The molecule has 7 nitrogen and oxygen atoms in total. The highest BCUT2D eigenvalue weighted by Gasteiger charge is 2.28. The van der Waals surface area contributed by atoms with Gasteiger partial charge in [0.05, 0.1) is 25.4 Å². The van der Waals surface area contributed by atoms with Gasteiger partial charge in [0.2, 0.25) is 5.95 Å². The van der Waals surface area contributed by atoms with Crippen LogP contribution < -0.4 is 4.90 Å². The summed E-state index contributed by atoms with van der Waals surface area (Å²) in [5, 5.41) is 0. The molecule has 3 heterocycles. The lowest BCUT2D eigenvalue weighted by Gasteiger charge is -2.35. The first-order chi connectivity index (χ1) is 11.0. The number of carbonyl (C=O) groups excluding carboxylic acids is 1. The molecule has 7 heteroatoms. The van der Waals surface area contributed by atoms with E-state index in [1.165, 1.54) is 0 Å². The van der Waals surface area contributed by atoms with Crippen molar-refractivity contribution < 1.29 is 14.3 Å². The summed E-state index contributed by atoms with van der Waals surface area (Å²) >= 11 is 0. The summed E-state index contributed by atoms with van der Waals surface area (Å²) in [6.45, 7) is 9.90. The monoisotopic (exact) mass is 320 g/mol. The van der Waals surface area contributed by atoms with E-state index in [2.05, 4.69) is 14.9 Å². The average molecular weight is 320 g/mol. The SMILES string of the molecule is Cc1cc(C(=O)N2C[C@H](C)O[C@@H](C)C2)nc(N2CCOCC2)n1. The molecule has 0 N–H and O–H groups in total. The molecule has 0 aliphatic carbocycles. The standard InChI is InChI=1S/C16H24N4O3/c1-11-8-14(15(21)20-9-12(2)23-13(3)10-20)18-16(17-11)19-4-6-22-7-5-19/h8,12-13H,4-7,9-10H2,1-3H3/t12-,13-/m0/s1. The van der Waals surface area contributed by atoms with E-state index >= 15 is 0 Å². The molecule has 0 radical (unpaired) electrons. The maximum absolute atomic E-state index is 12.8. The topological polar surface area (TPSA) is 67.8 Å². The van der Waals surface area contributed by atoms with Crippen molar-refractivity contribution in [3.05, 3.63) is 17.5 Å². The highest BCUT2D eigenvalue weighted by atomic mass is 16.5. The van der Waals surface area contributed by atoms with Crippen molar-refractivity contribution in [2.45, 2.75) is 33.0 Å². The summed E-state index contributed by atoms with van der Waals surface area (Å²) in [4.78, 5) is 25.7. The molecular formula is C16H24N4O3. The molecule has 2 saturated heterocycles. The van der Waals surface area contributed by atoms with Gasteiger partial charge in [0, 0.05) is 31.9 Å². The first-order valence-electron chi connectivity index (χ1n) is 8.16. The minimum Gasteiger partial charge on any atom is -0.378 e. The summed E-state index contributed by atoms with van der Waals surface area (Å²) in [7, 11) is 0. The molecule has 2 fully saturated rings. The number of rotatable bonds is 2. The van der Waals surface area contributed by atoms with Gasteiger partial charge in [0.15, 0.2) is 0 Å². The highest BCUT2D eigenvalue weighted by Crippen LogP contribution is 2.17. The van der Waals surface area contributed by atoms with Gasteiger partial charge in [0.1, 0.15) is 5.69 Å². The summed E-state index contributed by atoms with van der Waals surface area (Å²) in [6.07, 6.45) is 0.0914. The fraction of sp³-hybridized carbons (Fsp3) is 0.688. The molecule has 2 atom stereocenters. The maximum atomic E-state index is 12.8. The normalized spacial score (nSPS) is 25.5. The number of nitrogens with zero attached hydrogens (tertiary/aromatic N) is 4. The van der Waals surface area contributed by atoms with Crippen LogP contribution in [0.5, 0.6) is 0 Å². The van der Waals surface area contributed by atoms with Crippen LogP contribution in [0.1, 0.15) is 30.0 Å². The lowest BCUT2D eigenvalue weighted by Crippen LogP contribution is -2.48. The Kier molecular flexibility index (Phi) is 4.77. The van der Waals surface area contributed by atoms with Gasteiger partial charge < -0.3 is 19.3 Å². The summed E-state index contributed by atoms with van der Waals surface area (Å²) < 4.78 is 11.1. The number of aromatic nitrogens is 2. The second-order valence-electron chi connectivity index (χ2n) is 6.26. The Hall–Kier alpha value is -1.73. The minimum atomic E-state index is -0.0491. The van der Waals surface area contributed by atoms with Crippen molar-refractivity contribution in [2.75, 3.05) is 44.3 Å². The van der Waals surface area contributed by atoms with E-state index in [0.29, 0.717) is 37.9 Å². The average Bonchev–Trinajstić information content (AvgIpc) is 2.53. The molecule has 0 aromatic carbocycles. The second-order valence-corrected chi connectivity index (χ2v) is 6.26. The summed E-state index contributed by atoms with van der Waals surface area (Å²) in [6, 6.07) is 1.76. The van der Waals surface area contributed by atoms with E-state index in [1.54, 1.807) is 6.07 Å².